The number of hydrogen-bond donors (Lipinski definition) is 1. The topological polar surface area (TPSA) is 29.5 Å². The van der Waals surface area contributed by atoms with Crippen LogP contribution in [0.5, 0.6) is 0 Å². The van der Waals surface area contributed by atoms with Gasteiger partial charge in [0.2, 0.25) is 0 Å². The standard InChI is InChI=1S/C14H22O2S/c1-2-16-14(8-4-3-5-9-14)13(15)11-12-7-6-10-17-12/h6-7,10,13,15H,2-5,8-9,11H2,1H3. The molecule has 96 valence electrons. The van der Waals surface area contributed by atoms with E-state index < -0.39 is 0 Å². The van der Waals surface area contributed by atoms with Gasteiger partial charge in [-0.05, 0) is 31.2 Å². The van der Waals surface area contributed by atoms with E-state index in [1.807, 2.05) is 13.0 Å². The first-order valence-corrected chi connectivity index (χ1v) is 7.49. The van der Waals surface area contributed by atoms with Crippen LogP contribution >= 0.6 is 11.3 Å². The predicted octanol–water partition coefficient (Wildman–Crippen LogP) is 3.39. The van der Waals surface area contributed by atoms with Gasteiger partial charge < -0.3 is 9.84 Å². The van der Waals surface area contributed by atoms with E-state index in [0.29, 0.717) is 6.61 Å². The van der Waals surface area contributed by atoms with Gasteiger partial charge in [0.1, 0.15) is 0 Å². The normalized spacial score (nSPS) is 21.3. The Bertz CT molecular complexity index is 309. The predicted molar refractivity (Wildman–Crippen MR) is 71.5 cm³/mol. The van der Waals surface area contributed by atoms with Crippen molar-refractivity contribution < 1.29 is 9.84 Å². The maximum atomic E-state index is 10.5. The number of thiophene rings is 1. The van der Waals surface area contributed by atoms with Crippen LogP contribution in [0, 0.1) is 0 Å². The molecule has 0 amide bonds. The lowest BCUT2D eigenvalue weighted by molar-refractivity contribution is -0.138. The third-order valence-corrected chi connectivity index (χ3v) is 4.61. The van der Waals surface area contributed by atoms with E-state index in [1.54, 1.807) is 11.3 Å². The van der Waals surface area contributed by atoms with Crippen molar-refractivity contribution in [2.45, 2.75) is 57.2 Å². The maximum Gasteiger partial charge on any atom is 0.0943 e. The Labute approximate surface area is 108 Å². The lowest BCUT2D eigenvalue weighted by Crippen LogP contribution is -2.47. The Morgan fingerprint density at radius 1 is 1.41 bits per heavy atom. The third kappa shape index (κ3) is 3.09. The van der Waals surface area contributed by atoms with E-state index in [9.17, 15) is 5.11 Å². The van der Waals surface area contributed by atoms with Crippen molar-refractivity contribution >= 4 is 11.3 Å². The molecule has 3 heteroatoms. The van der Waals surface area contributed by atoms with E-state index in [2.05, 4.69) is 11.4 Å². The first-order chi connectivity index (χ1) is 8.27. The van der Waals surface area contributed by atoms with Crippen LogP contribution in [-0.4, -0.2) is 23.4 Å². The van der Waals surface area contributed by atoms with Gasteiger partial charge in [-0.3, -0.25) is 0 Å². The molecule has 1 aliphatic rings. The highest BCUT2D eigenvalue weighted by Crippen LogP contribution is 2.36. The van der Waals surface area contributed by atoms with Crippen LogP contribution in [0.3, 0.4) is 0 Å². The van der Waals surface area contributed by atoms with Crippen LogP contribution in [0.2, 0.25) is 0 Å². The van der Waals surface area contributed by atoms with Crippen molar-refractivity contribution in [3.05, 3.63) is 22.4 Å². The summed E-state index contributed by atoms with van der Waals surface area (Å²) < 4.78 is 5.94. The molecule has 1 aromatic rings. The van der Waals surface area contributed by atoms with Gasteiger partial charge in [0, 0.05) is 17.9 Å². The Balaban J connectivity index is 2.03. The Kier molecular flexibility index (Phi) is 4.60. The van der Waals surface area contributed by atoms with Crippen molar-refractivity contribution in [1.29, 1.82) is 0 Å². The summed E-state index contributed by atoms with van der Waals surface area (Å²) in [6.07, 6.45) is 6.03. The minimum absolute atomic E-state index is 0.281. The largest absolute Gasteiger partial charge is 0.390 e. The molecule has 1 unspecified atom stereocenters. The zero-order valence-electron chi connectivity index (χ0n) is 10.5. The van der Waals surface area contributed by atoms with Crippen molar-refractivity contribution in [2.75, 3.05) is 6.61 Å². The van der Waals surface area contributed by atoms with Gasteiger partial charge in [0.25, 0.3) is 0 Å². The van der Waals surface area contributed by atoms with E-state index in [1.165, 1.54) is 24.1 Å². The molecule has 0 saturated heterocycles. The molecule has 0 aliphatic heterocycles. The molecule has 1 heterocycles. The highest BCUT2D eigenvalue weighted by atomic mass is 32.1. The molecule has 0 bridgehead atoms. The Morgan fingerprint density at radius 2 is 2.18 bits per heavy atom. The Hall–Kier alpha value is -0.380. The third-order valence-electron chi connectivity index (χ3n) is 3.71. The number of ether oxygens (including phenoxy) is 1. The first kappa shape index (κ1) is 13.1. The second kappa shape index (κ2) is 5.98. The molecule has 1 aromatic heterocycles. The minimum atomic E-state index is -0.360. The van der Waals surface area contributed by atoms with Crippen molar-refractivity contribution in [3.63, 3.8) is 0 Å². The number of aliphatic hydroxyl groups is 1. The molecule has 17 heavy (non-hydrogen) atoms. The second-order valence-electron chi connectivity index (χ2n) is 4.86. The van der Waals surface area contributed by atoms with Gasteiger partial charge >= 0.3 is 0 Å². The summed E-state index contributed by atoms with van der Waals surface area (Å²) in [5.74, 6) is 0. The fourth-order valence-corrected chi connectivity index (χ4v) is 3.56. The molecule has 0 aromatic carbocycles. The van der Waals surface area contributed by atoms with Gasteiger partial charge in [-0.1, -0.05) is 25.3 Å². The lowest BCUT2D eigenvalue weighted by atomic mass is 9.79. The van der Waals surface area contributed by atoms with E-state index in [0.717, 1.165) is 19.3 Å². The molecule has 2 rings (SSSR count). The van der Waals surface area contributed by atoms with Gasteiger partial charge in [0.05, 0.1) is 11.7 Å². The lowest BCUT2D eigenvalue weighted by Gasteiger charge is -2.40. The summed E-state index contributed by atoms with van der Waals surface area (Å²) in [4.78, 5) is 1.25. The summed E-state index contributed by atoms with van der Waals surface area (Å²) in [6.45, 7) is 2.72. The van der Waals surface area contributed by atoms with Crippen LogP contribution < -0.4 is 0 Å². The van der Waals surface area contributed by atoms with E-state index in [4.69, 9.17) is 4.74 Å². The quantitative estimate of drug-likeness (QED) is 0.872. The van der Waals surface area contributed by atoms with Crippen LogP contribution in [0.1, 0.15) is 43.9 Å². The fourth-order valence-electron chi connectivity index (χ4n) is 2.82. The molecule has 1 N–H and O–H groups in total. The average molecular weight is 254 g/mol. The number of aliphatic hydroxyl groups excluding tert-OH is 1. The minimum Gasteiger partial charge on any atom is -0.390 e. The molecule has 0 spiro atoms. The molecule has 2 nitrogen and oxygen atoms in total. The van der Waals surface area contributed by atoms with Gasteiger partial charge in [-0.2, -0.15) is 0 Å². The summed E-state index contributed by atoms with van der Waals surface area (Å²) in [7, 11) is 0. The molecule has 0 radical (unpaired) electrons. The molecule has 1 saturated carbocycles. The highest BCUT2D eigenvalue weighted by Gasteiger charge is 2.39. The van der Waals surface area contributed by atoms with Crippen LogP contribution in [-0.2, 0) is 11.2 Å². The smallest absolute Gasteiger partial charge is 0.0943 e. The SMILES string of the molecule is CCOC1(C(O)Cc2cccs2)CCCCC1. The van der Waals surface area contributed by atoms with Gasteiger partial charge in [0.15, 0.2) is 0 Å². The Morgan fingerprint density at radius 3 is 2.76 bits per heavy atom. The zero-order chi connectivity index (χ0) is 12.1. The number of rotatable bonds is 5. The summed E-state index contributed by atoms with van der Waals surface area (Å²) in [6, 6.07) is 4.14. The van der Waals surface area contributed by atoms with Gasteiger partial charge in [-0.15, -0.1) is 11.3 Å². The fraction of sp³-hybridized carbons (Fsp3) is 0.714. The summed E-state index contributed by atoms with van der Waals surface area (Å²) in [5, 5.41) is 12.6. The first-order valence-electron chi connectivity index (χ1n) is 6.61. The van der Waals surface area contributed by atoms with E-state index in [-0.39, 0.29) is 11.7 Å². The summed E-state index contributed by atoms with van der Waals surface area (Å²) in [5.41, 5.74) is -0.281. The van der Waals surface area contributed by atoms with Gasteiger partial charge in [-0.25, -0.2) is 0 Å². The van der Waals surface area contributed by atoms with Crippen LogP contribution in [0.25, 0.3) is 0 Å². The van der Waals surface area contributed by atoms with Crippen molar-refractivity contribution in [3.8, 4) is 0 Å². The monoisotopic (exact) mass is 254 g/mol. The molecule has 1 aliphatic carbocycles. The molecular weight excluding hydrogens is 232 g/mol. The zero-order valence-corrected chi connectivity index (χ0v) is 11.3. The van der Waals surface area contributed by atoms with Crippen molar-refractivity contribution in [2.24, 2.45) is 0 Å². The van der Waals surface area contributed by atoms with Crippen LogP contribution in [0.4, 0.5) is 0 Å². The maximum absolute atomic E-state index is 10.5. The van der Waals surface area contributed by atoms with Crippen molar-refractivity contribution in [1.82, 2.24) is 0 Å². The summed E-state index contributed by atoms with van der Waals surface area (Å²) >= 11 is 1.72. The van der Waals surface area contributed by atoms with Crippen LogP contribution in [0.15, 0.2) is 17.5 Å². The molecule has 1 fully saturated rings. The highest BCUT2D eigenvalue weighted by molar-refractivity contribution is 7.09. The number of hydrogen-bond acceptors (Lipinski definition) is 3. The molecule has 1 atom stereocenters. The average Bonchev–Trinajstić information content (AvgIpc) is 2.83. The van der Waals surface area contributed by atoms with E-state index >= 15 is 0 Å². The second-order valence-corrected chi connectivity index (χ2v) is 5.89. The molecular formula is C14H22O2S.